The summed E-state index contributed by atoms with van der Waals surface area (Å²) in [6.07, 6.45) is 11.5. The van der Waals surface area contributed by atoms with Crippen LogP contribution in [0, 0.1) is 17.8 Å². The first-order chi connectivity index (χ1) is 7.81. The van der Waals surface area contributed by atoms with Crippen LogP contribution in [0.1, 0.15) is 32.1 Å². The topological polar surface area (TPSA) is 21.3 Å². The highest BCUT2D eigenvalue weighted by Gasteiger charge is 2.38. The predicted molar refractivity (Wildman–Crippen MR) is 65.3 cm³/mol. The molecule has 0 aromatic rings. The number of methoxy groups -OCH3 is 1. The summed E-state index contributed by atoms with van der Waals surface area (Å²) in [5.74, 6) is 2.67. The molecule has 0 spiro atoms. The highest BCUT2D eigenvalue weighted by molar-refractivity contribution is 5.10. The van der Waals surface area contributed by atoms with Gasteiger partial charge in [-0.15, -0.1) is 0 Å². The Balaban J connectivity index is 1.42. The van der Waals surface area contributed by atoms with Crippen LogP contribution in [0.25, 0.3) is 0 Å². The normalized spacial score (nSPS) is 38.9. The van der Waals surface area contributed by atoms with E-state index in [9.17, 15) is 0 Å². The molecule has 90 valence electrons. The molecule has 2 fully saturated rings. The molecular formula is C14H23NO. The predicted octanol–water partition coefficient (Wildman–Crippen LogP) is 2.36. The molecule has 0 amide bonds. The Labute approximate surface area is 98.4 Å². The van der Waals surface area contributed by atoms with Crippen LogP contribution in [-0.4, -0.2) is 25.8 Å². The molecule has 16 heavy (non-hydrogen) atoms. The second kappa shape index (κ2) is 4.15. The Morgan fingerprint density at radius 3 is 2.69 bits per heavy atom. The smallest absolute Gasteiger partial charge is 0.0802 e. The van der Waals surface area contributed by atoms with E-state index in [1.54, 1.807) is 0 Å². The molecule has 3 atom stereocenters. The van der Waals surface area contributed by atoms with E-state index in [1.807, 2.05) is 7.11 Å². The van der Waals surface area contributed by atoms with Crippen molar-refractivity contribution in [2.24, 2.45) is 17.8 Å². The zero-order valence-corrected chi connectivity index (χ0v) is 10.2. The molecule has 0 aliphatic heterocycles. The summed E-state index contributed by atoms with van der Waals surface area (Å²) in [5.41, 5.74) is 0.188. The average molecular weight is 221 g/mol. The quantitative estimate of drug-likeness (QED) is 0.720. The second-order valence-corrected chi connectivity index (χ2v) is 5.91. The van der Waals surface area contributed by atoms with Gasteiger partial charge in [-0.2, -0.15) is 0 Å². The summed E-state index contributed by atoms with van der Waals surface area (Å²) >= 11 is 0. The molecule has 3 aliphatic rings. The maximum absolute atomic E-state index is 5.62. The Bertz CT molecular complexity index is 277. The molecule has 1 N–H and O–H groups in total. The van der Waals surface area contributed by atoms with Gasteiger partial charge in [-0.25, -0.2) is 0 Å². The zero-order valence-electron chi connectivity index (χ0n) is 10.2. The van der Waals surface area contributed by atoms with Crippen LogP contribution in [0.5, 0.6) is 0 Å². The van der Waals surface area contributed by atoms with Crippen LogP contribution in [0.2, 0.25) is 0 Å². The highest BCUT2D eigenvalue weighted by Crippen LogP contribution is 2.43. The minimum atomic E-state index is 0.188. The van der Waals surface area contributed by atoms with Crippen LogP contribution in [0.15, 0.2) is 12.2 Å². The molecular weight excluding hydrogens is 198 g/mol. The average Bonchev–Trinajstić information content (AvgIpc) is 2.83. The maximum Gasteiger partial charge on any atom is 0.0802 e. The molecule has 0 radical (unpaired) electrons. The van der Waals surface area contributed by atoms with Crippen LogP contribution >= 0.6 is 0 Å². The molecule has 0 saturated heterocycles. The second-order valence-electron chi connectivity index (χ2n) is 5.91. The fraction of sp³-hybridized carbons (Fsp3) is 0.857. The van der Waals surface area contributed by atoms with Crippen molar-refractivity contribution in [2.45, 2.75) is 37.7 Å². The van der Waals surface area contributed by atoms with Crippen LogP contribution in [0.3, 0.4) is 0 Å². The van der Waals surface area contributed by atoms with Crippen molar-refractivity contribution in [3.8, 4) is 0 Å². The van der Waals surface area contributed by atoms with E-state index in [0.717, 1.165) is 24.3 Å². The van der Waals surface area contributed by atoms with Gasteiger partial charge >= 0.3 is 0 Å². The van der Waals surface area contributed by atoms with Gasteiger partial charge in [-0.05, 0) is 56.4 Å². The molecule has 2 saturated carbocycles. The first-order valence-corrected chi connectivity index (χ1v) is 6.75. The van der Waals surface area contributed by atoms with Gasteiger partial charge in [0.25, 0.3) is 0 Å². The number of nitrogens with one attached hydrogen (secondary N) is 1. The van der Waals surface area contributed by atoms with Gasteiger partial charge in [0.05, 0.1) is 5.60 Å². The molecule has 0 heterocycles. The van der Waals surface area contributed by atoms with Gasteiger partial charge < -0.3 is 10.1 Å². The number of hydrogen-bond donors (Lipinski definition) is 1. The summed E-state index contributed by atoms with van der Waals surface area (Å²) in [4.78, 5) is 0. The lowest BCUT2D eigenvalue weighted by molar-refractivity contribution is -0.0697. The summed E-state index contributed by atoms with van der Waals surface area (Å²) in [6, 6.07) is 0. The van der Waals surface area contributed by atoms with Crippen LogP contribution in [0.4, 0.5) is 0 Å². The van der Waals surface area contributed by atoms with Gasteiger partial charge in [-0.1, -0.05) is 12.2 Å². The van der Waals surface area contributed by atoms with Gasteiger partial charge in [-0.3, -0.25) is 0 Å². The lowest BCUT2D eigenvalue weighted by Crippen LogP contribution is -2.48. The van der Waals surface area contributed by atoms with Crippen molar-refractivity contribution >= 4 is 0 Å². The monoisotopic (exact) mass is 221 g/mol. The molecule has 3 unspecified atom stereocenters. The minimum Gasteiger partial charge on any atom is -0.377 e. The van der Waals surface area contributed by atoms with Gasteiger partial charge in [0, 0.05) is 13.7 Å². The lowest BCUT2D eigenvalue weighted by atomic mass is 9.80. The van der Waals surface area contributed by atoms with Gasteiger partial charge in [0.2, 0.25) is 0 Å². The van der Waals surface area contributed by atoms with Crippen molar-refractivity contribution in [2.75, 3.05) is 20.2 Å². The zero-order chi connectivity index (χ0) is 11.0. The van der Waals surface area contributed by atoms with Crippen molar-refractivity contribution < 1.29 is 4.74 Å². The Morgan fingerprint density at radius 2 is 2.19 bits per heavy atom. The van der Waals surface area contributed by atoms with Crippen LogP contribution in [-0.2, 0) is 4.74 Å². The Morgan fingerprint density at radius 1 is 1.31 bits per heavy atom. The summed E-state index contributed by atoms with van der Waals surface area (Å²) in [7, 11) is 1.86. The molecule has 3 aliphatic carbocycles. The Kier molecular flexibility index (Phi) is 2.80. The molecule has 2 bridgehead atoms. The van der Waals surface area contributed by atoms with Crippen molar-refractivity contribution in [1.82, 2.24) is 5.32 Å². The molecule has 2 heteroatoms. The first-order valence-electron chi connectivity index (χ1n) is 6.75. The fourth-order valence-electron chi connectivity index (χ4n) is 3.64. The van der Waals surface area contributed by atoms with E-state index < -0.39 is 0 Å². The standard InChI is InChI=1S/C14H23NO/c1-16-14(5-2-6-14)10-15-9-13-8-11-3-4-12(13)7-11/h3-4,11-13,15H,2,5-10H2,1H3. The van der Waals surface area contributed by atoms with E-state index >= 15 is 0 Å². The van der Waals surface area contributed by atoms with E-state index in [0.29, 0.717) is 0 Å². The van der Waals surface area contributed by atoms with E-state index in [1.165, 1.54) is 38.6 Å². The largest absolute Gasteiger partial charge is 0.377 e. The van der Waals surface area contributed by atoms with Crippen molar-refractivity contribution in [1.29, 1.82) is 0 Å². The highest BCUT2D eigenvalue weighted by atomic mass is 16.5. The van der Waals surface area contributed by atoms with E-state index in [-0.39, 0.29) is 5.60 Å². The SMILES string of the molecule is COC1(CNCC2CC3C=CC2C3)CCC1. The lowest BCUT2D eigenvalue weighted by Gasteiger charge is -2.41. The third-order valence-corrected chi connectivity index (χ3v) is 4.97. The van der Waals surface area contributed by atoms with Gasteiger partial charge in [0.15, 0.2) is 0 Å². The van der Waals surface area contributed by atoms with Crippen LogP contribution < -0.4 is 5.32 Å². The molecule has 3 rings (SSSR count). The fourth-order valence-corrected chi connectivity index (χ4v) is 3.64. The third kappa shape index (κ3) is 1.82. The first kappa shape index (κ1) is 10.8. The summed E-state index contributed by atoms with van der Waals surface area (Å²) in [6.45, 7) is 2.25. The Hall–Kier alpha value is -0.340. The van der Waals surface area contributed by atoms with E-state index in [4.69, 9.17) is 4.74 Å². The van der Waals surface area contributed by atoms with E-state index in [2.05, 4.69) is 17.5 Å². The van der Waals surface area contributed by atoms with Gasteiger partial charge in [0.1, 0.15) is 0 Å². The number of rotatable bonds is 5. The number of allylic oxidation sites excluding steroid dienone is 2. The van der Waals surface area contributed by atoms with Crippen molar-refractivity contribution in [3.63, 3.8) is 0 Å². The number of hydrogen-bond acceptors (Lipinski definition) is 2. The molecule has 0 aromatic carbocycles. The summed E-state index contributed by atoms with van der Waals surface area (Å²) in [5, 5.41) is 3.65. The molecule has 0 aromatic heterocycles. The number of ether oxygens (including phenoxy) is 1. The minimum absolute atomic E-state index is 0.188. The number of fused-ring (bicyclic) bond motifs is 2. The third-order valence-electron chi connectivity index (χ3n) is 4.97. The summed E-state index contributed by atoms with van der Waals surface area (Å²) < 4.78 is 5.62. The molecule has 2 nitrogen and oxygen atoms in total. The maximum atomic E-state index is 5.62. The van der Waals surface area contributed by atoms with Crippen molar-refractivity contribution in [3.05, 3.63) is 12.2 Å².